The number of hydrogen-bond acceptors (Lipinski definition) is 7. The molecule has 0 radical (unpaired) electrons. The predicted octanol–water partition coefficient (Wildman–Crippen LogP) is -2.34. The van der Waals surface area contributed by atoms with Crippen LogP contribution in [0, 0.1) is 0 Å². The number of ether oxygens (including phenoxy) is 1. The third kappa shape index (κ3) is 1.51. The van der Waals surface area contributed by atoms with Gasteiger partial charge in [-0.2, -0.15) is 0 Å². The van der Waals surface area contributed by atoms with Crippen LogP contribution in [0.25, 0.3) is 0 Å². The Hall–Kier alpha value is -1.47. The van der Waals surface area contributed by atoms with E-state index in [0.717, 1.165) is 0 Å². The molecule has 1 rings (SSSR count). The van der Waals surface area contributed by atoms with Gasteiger partial charge in [0.25, 0.3) is 5.78 Å². The molecule has 1 saturated heterocycles. The molecule has 0 amide bonds. The van der Waals surface area contributed by atoms with E-state index in [9.17, 15) is 9.59 Å². The fourth-order valence-corrected chi connectivity index (χ4v) is 0.917. The number of carbonyl (C=O) groups is 2. The largest absolute Gasteiger partial charge is 0.447 e. The van der Waals surface area contributed by atoms with Crippen molar-refractivity contribution in [1.82, 2.24) is 0 Å². The summed E-state index contributed by atoms with van der Waals surface area (Å²) in [6.07, 6.45) is -2.84. The van der Waals surface area contributed by atoms with E-state index in [2.05, 4.69) is 9.89 Å². The molecule has 1 aliphatic heterocycles. The van der Waals surface area contributed by atoms with Crippen LogP contribution < -0.4 is 0 Å². The summed E-state index contributed by atoms with van der Waals surface area (Å²) in [6, 6.07) is 0. The van der Waals surface area contributed by atoms with Gasteiger partial charge in [-0.25, -0.2) is 4.79 Å². The molecule has 1 aliphatic rings. The number of aliphatic hydroxyl groups excluding tert-OH is 2. The van der Waals surface area contributed by atoms with Gasteiger partial charge in [0.15, 0.2) is 11.8 Å². The van der Waals surface area contributed by atoms with Crippen molar-refractivity contribution in [3.8, 4) is 0 Å². The van der Waals surface area contributed by atoms with E-state index in [1.807, 2.05) is 0 Å². The molecule has 1 fully saturated rings. The quantitative estimate of drug-likeness (QED) is 0.194. The van der Waals surface area contributed by atoms with Gasteiger partial charge in [0.2, 0.25) is 0 Å². The monoisotopic (exact) mass is 189 g/mol. The maximum absolute atomic E-state index is 10.8. The first kappa shape index (κ1) is 9.62. The number of aliphatic hydroxyl groups is 2. The predicted molar refractivity (Wildman–Crippen MR) is 37.2 cm³/mol. The molecule has 7 heteroatoms. The van der Waals surface area contributed by atoms with E-state index >= 15 is 0 Å². The normalized spacial score (nSPS) is 27.8. The lowest BCUT2D eigenvalue weighted by molar-refractivity contribution is -0.151. The van der Waals surface area contributed by atoms with E-state index < -0.39 is 36.3 Å². The van der Waals surface area contributed by atoms with E-state index in [1.165, 1.54) is 0 Å². The van der Waals surface area contributed by atoms with Crippen LogP contribution in [0.3, 0.4) is 0 Å². The van der Waals surface area contributed by atoms with Crippen LogP contribution in [0.4, 0.5) is 0 Å². The second kappa shape index (κ2) is 3.50. The molecular weight excluding hydrogens is 182 g/mol. The SMILES string of the molecule is O=C1OC(C(O)CO)C(=NO)C1=O. The van der Waals surface area contributed by atoms with Gasteiger partial charge in [0, 0.05) is 0 Å². The minimum atomic E-state index is -1.46. The second-order valence-corrected chi connectivity index (χ2v) is 2.39. The lowest BCUT2D eigenvalue weighted by Gasteiger charge is -2.12. The van der Waals surface area contributed by atoms with Gasteiger partial charge >= 0.3 is 5.97 Å². The molecule has 2 atom stereocenters. The van der Waals surface area contributed by atoms with Gasteiger partial charge in [-0.05, 0) is 0 Å². The Kier molecular flexibility index (Phi) is 2.59. The second-order valence-electron chi connectivity index (χ2n) is 2.39. The van der Waals surface area contributed by atoms with Gasteiger partial charge in [-0.15, -0.1) is 0 Å². The van der Waals surface area contributed by atoms with Crippen LogP contribution in [-0.4, -0.2) is 51.7 Å². The van der Waals surface area contributed by atoms with Crippen molar-refractivity contribution in [1.29, 1.82) is 0 Å². The van der Waals surface area contributed by atoms with Crippen LogP contribution in [0.15, 0.2) is 5.16 Å². The van der Waals surface area contributed by atoms with Gasteiger partial charge in [0.05, 0.1) is 6.61 Å². The van der Waals surface area contributed by atoms with Crippen molar-refractivity contribution < 1.29 is 29.7 Å². The fraction of sp³-hybridized carbons (Fsp3) is 0.500. The molecule has 0 bridgehead atoms. The molecule has 0 spiro atoms. The molecule has 3 N–H and O–H groups in total. The molecule has 0 aromatic carbocycles. The topological polar surface area (TPSA) is 116 Å². The number of carbonyl (C=O) groups excluding carboxylic acids is 2. The van der Waals surface area contributed by atoms with Crippen molar-refractivity contribution in [2.45, 2.75) is 12.2 Å². The van der Waals surface area contributed by atoms with Crippen LogP contribution >= 0.6 is 0 Å². The van der Waals surface area contributed by atoms with Crippen molar-refractivity contribution in [3.05, 3.63) is 0 Å². The third-order valence-electron chi connectivity index (χ3n) is 1.57. The Morgan fingerprint density at radius 2 is 2.15 bits per heavy atom. The molecular formula is C6H7NO6. The summed E-state index contributed by atoms with van der Waals surface area (Å²) in [5.41, 5.74) is -0.591. The highest BCUT2D eigenvalue weighted by atomic mass is 16.6. The summed E-state index contributed by atoms with van der Waals surface area (Å²) in [6.45, 7) is -0.704. The number of esters is 1. The molecule has 7 nitrogen and oxygen atoms in total. The zero-order valence-electron chi connectivity index (χ0n) is 6.38. The molecule has 13 heavy (non-hydrogen) atoms. The van der Waals surface area contributed by atoms with Gasteiger partial charge in [-0.3, -0.25) is 4.79 Å². The minimum absolute atomic E-state index is 0.591. The van der Waals surface area contributed by atoms with Crippen molar-refractivity contribution in [3.63, 3.8) is 0 Å². The van der Waals surface area contributed by atoms with Crippen molar-refractivity contribution in [2.75, 3.05) is 6.61 Å². The van der Waals surface area contributed by atoms with Gasteiger partial charge in [0.1, 0.15) is 6.10 Å². The summed E-state index contributed by atoms with van der Waals surface area (Å²) in [5.74, 6) is -2.31. The summed E-state index contributed by atoms with van der Waals surface area (Å²) >= 11 is 0. The molecule has 0 aromatic heterocycles. The Morgan fingerprint density at radius 1 is 1.54 bits per heavy atom. The average Bonchev–Trinajstić information content (AvgIpc) is 2.42. The van der Waals surface area contributed by atoms with Crippen LogP contribution in [0.2, 0.25) is 0 Å². The van der Waals surface area contributed by atoms with E-state index in [4.69, 9.17) is 15.4 Å². The number of oxime groups is 1. The number of Topliss-reactive ketones (excluding diaryl/α,β-unsaturated/α-hetero) is 1. The fourth-order valence-electron chi connectivity index (χ4n) is 0.917. The number of cyclic esters (lactones) is 1. The number of ketones is 1. The summed E-state index contributed by atoms with van der Waals surface area (Å²) in [7, 11) is 0. The van der Waals surface area contributed by atoms with Crippen LogP contribution in [0.1, 0.15) is 0 Å². The van der Waals surface area contributed by atoms with Crippen molar-refractivity contribution in [2.24, 2.45) is 5.16 Å². The Labute approximate surface area is 72.2 Å². The van der Waals surface area contributed by atoms with Crippen LogP contribution in [0.5, 0.6) is 0 Å². The van der Waals surface area contributed by atoms with E-state index in [1.54, 1.807) is 0 Å². The first-order valence-corrected chi connectivity index (χ1v) is 3.38. The first-order valence-electron chi connectivity index (χ1n) is 3.38. The Balaban J connectivity index is 2.89. The minimum Gasteiger partial charge on any atom is -0.447 e. The zero-order valence-corrected chi connectivity index (χ0v) is 6.38. The summed E-state index contributed by atoms with van der Waals surface area (Å²) in [5, 5.41) is 28.3. The molecule has 0 saturated carbocycles. The zero-order chi connectivity index (χ0) is 10.0. The Morgan fingerprint density at radius 3 is 2.62 bits per heavy atom. The molecule has 0 aliphatic carbocycles. The summed E-state index contributed by atoms with van der Waals surface area (Å²) < 4.78 is 4.34. The Bertz CT molecular complexity index is 272. The maximum atomic E-state index is 10.8. The first-order chi connectivity index (χ1) is 6.11. The van der Waals surface area contributed by atoms with Gasteiger partial charge < -0.3 is 20.2 Å². The molecule has 0 aromatic rings. The lowest BCUT2D eigenvalue weighted by atomic mass is 10.1. The van der Waals surface area contributed by atoms with E-state index in [-0.39, 0.29) is 0 Å². The molecule has 1 heterocycles. The van der Waals surface area contributed by atoms with Gasteiger partial charge in [-0.1, -0.05) is 5.16 Å². The van der Waals surface area contributed by atoms with Crippen LogP contribution in [-0.2, 0) is 14.3 Å². The smallest absolute Gasteiger partial charge is 0.382 e. The number of hydrogen-bond donors (Lipinski definition) is 3. The highest BCUT2D eigenvalue weighted by Crippen LogP contribution is 2.12. The molecule has 2 unspecified atom stereocenters. The lowest BCUT2D eigenvalue weighted by Crippen LogP contribution is -2.35. The summed E-state index contributed by atoms with van der Waals surface area (Å²) in [4.78, 5) is 21.4. The van der Waals surface area contributed by atoms with E-state index in [0.29, 0.717) is 0 Å². The highest BCUT2D eigenvalue weighted by molar-refractivity contribution is 6.67. The molecule has 72 valence electrons. The van der Waals surface area contributed by atoms with Crippen molar-refractivity contribution >= 4 is 17.5 Å². The number of rotatable bonds is 2. The number of nitrogens with zero attached hydrogens (tertiary/aromatic N) is 1. The average molecular weight is 189 g/mol. The standard InChI is InChI=1S/C6H7NO6/c8-1-2(9)5-3(7-12)4(10)6(11)13-5/h2,5,8-9,12H,1H2. The maximum Gasteiger partial charge on any atom is 0.382 e. The highest BCUT2D eigenvalue weighted by Gasteiger charge is 2.44. The third-order valence-corrected chi connectivity index (χ3v) is 1.57.